The molecule has 0 aromatic rings. The van der Waals surface area contributed by atoms with Gasteiger partial charge in [-0.3, -0.25) is 0 Å². The molecule has 0 fully saturated rings. The molecule has 0 aliphatic carbocycles. The molecule has 0 heterocycles. The van der Waals surface area contributed by atoms with E-state index in [9.17, 15) is 0 Å². The highest BCUT2D eigenvalue weighted by atomic mass is 35.5. The Bertz CT molecular complexity index is 75.8. The second kappa shape index (κ2) is 5.20. The fourth-order valence-corrected chi connectivity index (χ4v) is 2.43. The third-order valence-electron chi connectivity index (χ3n) is 1.56. The van der Waals surface area contributed by atoms with Crippen LogP contribution in [0.2, 0.25) is 25.7 Å². The largest absolute Gasteiger partial charge is 0.127 e. The highest BCUT2D eigenvalue weighted by molar-refractivity contribution is 6.76. The molecule has 0 saturated heterocycles. The molecular weight excluding hydrogens is 160 g/mol. The maximum Gasteiger partial charge on any atom is 0.0442 e. The first-order chi connectivity index (χ1) is 4.56. The minimum Gasteiger partial charge on any atom is -0.127 e. The monoisotopic (exact) mass is 178 g/mol. The Labute approximate surface area is 71.0 Å². The van der Waals surface area contributed by atoms with Gasteiger partial charge in [-0.2, -0.15) is 0 Å². The van der Waals surface area contributed by atoms with Crippen LogP contribution >= 0.6 is 11.6 Å². The summed E-state index contributed by atoms with van der Waals surface area (Å²) < 4.78 is 0. The van der Waals surface area contributed by atoms with Crippen LogP contribution in [0.3, 0.4) is 0 Å². The molecule has 0 amide bonds. The first-order valence-corrected chi connectivity index (χ1v) is 8.36. The topological polar surface area (TPSA) is 0 Å². The quantitative estimate of drug-likeness (QED) is 0.342. The van der Waals surface area contributed by atoms with Crippen molar-refractivity contribution in [1.29, 1.82) is 0 Å². The lowest BCUT2D eigenvalue weighted by atomic mass is 10.3. The SMILES string of the molecule is C[Si](C)(C)CCCCCCl. The van der Waals surface area contributed by atoms with Crippen molar-refractivity contribution >= 4 is 19.7 Å². The molecular formula is C8H19ClSi. The van der Waals surface area contributed by atoms with Crippen LogP contribution in [0.4, 0.5) is 0 Å². The first kappa shape index (κ1) is 10.5. The van der Waals surface area contributed by atoms with E-state index in [-0.39, 0.29) is 0 Å². The fourth-order valence-electron chi connectivity index (χ4n) is 0.927. The zero-order chi connectivity index (χ0) is 8.04. The van der Waals surface area contributed by atoms with Crippen molar-refractivity contribution in [2.24, 2.45) is 0 Å². The summed E-state index contributed by atoms with van der Waals surface area (Å²) in [5.41, 5.74) is 0. The van der Waals surface area contributed by atoms with Crippen molar-refractivity contribution in [2.45, 2.75) is 44.9 Å². The third-order valence-corrected chi connectivity index (χ3v) is 3.68. The van der Waals surface area contributed by atoms with Crippen molar-refractivity contribution in [3.63, 3.8) is 0 Å². The second-order valence-electron chi connectivity index (χ2n) is 4.06. The zero-order valence-electron chi connectivity index (χ0n) is 7.41. The highest BCUT2D eigenvalue weighted by Crippen LogP contribution is 2.13. The molecule has 62 valence electrons. The highest BCUT2D eigenvalue weighted by Gasteiger charge is 2.10. The van der Waals surface area contributed by atoms with E-state index in [4.69, 9.17) is 11.6 Å². The molecule has 0 aromatic carbocycles. The van der Waals surface area contributed by atoms with Crippen LogP contribution in [0.1, 0.15) is 19.3 Å². The van der Waals surface area contributed by atoms with Crippen molar-refractivity contribution in [3.05, 3.63) is 0 Å². The predicted octanol–water partition coefficient (Wildman–Crippen LogP) is 3.73. The van der Waals surface area contributed by atoms with Crippen LogP contribution in [-0.4, -0.2) is 14.0 Å². The molecule has 0 saturated carbocycles. The molecule has 0 spiro atoms. The van der Waals surface area contributed by atoms with Crippen LogP contribution in [0.5, 0.6) is 0 Å². The van der Waals surface area contributed by atoms with Gasteiger partial charge < -0.3 is 0 Å². The van der Waals surface area contributed by atoms with Crippen molar-refractivity contribution in [3.8, 4) is 0 Å². The molecule has 0 atom stereocenters. The minimum atomic E-state index is -0.750. The zero-order valence-corrected chi connectivity index (χ0v) is 9.17. The average molecular weight is 179 g/mol. The summed E-state index contributed by atoms with van der Waals surface area (Å²) in [6.07, 6.45) is 3.92. The van der Waals surface area contributed by atoms with E-state index in [0.29, 0.717) is 0 Å². The van der Waals surface area contributed by atoms with E-state index >= 15 is 0 Å². The number of alkyl halides is 1. The summed E-state index contributed by atoms with van der Waals surface area (Å²) in [7, 11) is -0.750. The lowest BCUT2D eigenvalue weighted by Gasteiger charge is -2.14. The Hall–Kier alpha value is 0.507. The number of rotatable bonds is 5. The van der Waals surface area contributed by atoms with Crippen LogP contribution in [0.15, 0.2) is 0 Å². The van der Waals surface area contributed by atoms with E-state index in [1.807, 2.05) is 0 Å². The normalized spacial score (nSPS) is 12.0. The summed E-state index contributed by atoms with van der Waals surface area (Å²) in [6, 6.07) is 1.46. The number of unbranched alkanes of at least 4 members (excludes halogenated alkanes) is 2. The lowest BCUT2D eigenvalue weighted by Crippen LogP contribution is -2.18. The summed E-state index contributed by atoms with van der Waals surface area (Å²) in [5, 5.41) is 0. The van der Waals surface area contributed by atoms with Gasteiger partial charge in [0.1, 0.15) is 0 Å². The lowest BCUT2D eigenvalue weighted by molar-refractivity contribution is 0.767. The molecule has 0 radical (unpaired) electrons. The van der Waals surface area contributed by atoms with Gasteiger partial charge in [-0.25, -0.2) is 0 Å². The van der Waals surface area contributed by atoms with Crippen LogP contribution in [0, 0.1) is 0 Å². The summed E-state index contributed by atoms with van der Waals surface area (Å²) in [6.45, 7) is 7.27. The Morgan fingerprint density at radius 3 is 2.00 bits per heavy atom. The number of hydrogen-bond acceptors (Lipinski definition) is 0. The summed E-state index contributed by atoms with van der Waals surface area (Å²) in [5.74, 6) is 0.839. The molecule has 0 aromatic heterocycles. The van der Waals surface area contributed by atoms with Gasteiger partial charge in [-0.1, -0.05) is 38.5 Å². The molecule has 0 nitrogen and oxygen atoms in total. The Morgan fingerprint density at radius 2 is 1.60 bits per heavy atom. The van der Waals surface area contributed by atoms with Crippen molar-refractivity contribution in [2.75, 3.05) is 5.88 Å². The Morgan fingerprint density at radius 1 is 1.00 bits per heavy atom. The molecule has 0 unspecified atom stereocenters. The van der Waals surface area contributed by atoms with Crippen LogP contribution in [-0.2, 0) is 0 Å². The molecule has 0 rings (SSSR count). The smallest absolute Gasteiger partial charge is 0.0442 e. The van der Waals surface area contributed by atoms with E-state index in [1.165, 1.54) is 25.3 Å². The van der Waals surface area contributed by atoms with Gasteiger partial charge in [-0.15, -0.1) is 11.6 Å². The molecule has 10 heavy (non-hydrogen) atoms. The van der Waals surface area contributed by atoms with Crippen molar-refractivity contribution in [1.82, 2.24) is 0 Å². The maximum atomic E-state index is 5.56. The molecule has 0 N–H and O–H groups in total. The standard InChI is InChI=1S/C8H19ClSi/c1-10(2,3)8-6-4-5-7-9/h4-8H2,1-3H3. The van der Waals surface area contributed by atoms with Gasteiger partial charge in [0.2, 0.25) is 0 Å². The summed E-state index contributed by atoms with van der Waals surface area (Å²) in [4.78, 5) is 0. The third kappa shape index (κ3) is 8.51. The Balaban J connectivity index is 3.04. The average Bonchev–Trinajstić information content (AvgIpc) is 1.78. The number of hydrogen-bond donors (Lipinski definition) is 0. The van der Waals surface area contributed by atoms with Gasteiger partial charge in [0.25, 0.3) is 0 Å². The number of halogens is 1. The van der Waals surface area contributed by atoms with Crippen LogP contribution in [0.25, 0.3) is 0 Å². The van der Waals surface area contributed by atoms with Gasteiger partial charge in [0.15, 0.2) is 0 Å². The van der Waals surface area contributed by atoms with Gasteiger partial charge in [0.05, 0.1) is 0 Å². The molecule has 0 bridgehead atoms. The minimum absolute atomic E-state index is 0.750. The van der Waals surface area contributed by atoms with E-state index in [1.54, 1.807) is 0 Å². The predicted molar refractivity (Wildman–Crippen MR) is 52.7 cm³/mol. The van der Waals surface area contributed by atoms with Gasteiger partial charge in [-0.05, 0) is 6.42 Å². The Kier molecular flexibility index (Phi) is 5.46. The second-order valence-corrected chi connectivity index (χ2v) is 10.1. The molecule has 2 heteroatoms. The van der Waals surface area contributed by atoms with Gasteiger partial charge >= 0.3 is 0 Å². The van der Waals surface area contributed by atoms with Crippen LogP contribution < -0.4 is 0 Å². The van der Waals surface area contributed by atoms with Gasteiger partial charge in [0, 0.05) is 14.0 Å². The van der Waals surface area contributed by atoms with E-state index in [0.717, 1.165) is 5.88 Å². The van der Waals surface area contributed by atoms with E-state index in [2.05, 4.69) is 19.6 Å². The maximum absolute atomic E-state index is 5.56. The van der Waals surface area contributed by atoms with Crippen molar-refractivity contribution < 1.29 is 0 Å². The summed E-state index contributed by atoms with van der Waals surface area (Å²) >= 11 is 5.56. The first-order valence-electron chi connectivity index (χ1n) is 4.12. The molecule has 0 aliphatic heterocycles. The fraction of sp³-hybridized carbons (Fsp3) is 1.00. The van der Waals surface area contributed by atoms with E-state index < -0.39 is 8.07 Å². The molecule has 0 aliphatic rings.